The van der Waals surface area contributed by atoms with Crippen LogP contribution in [0.15, 0.2) is 77.7 Å². The SMILES string of the molecule is CS(C)(C)c1ccc(C[C@@H](NC(=O)OCC2c3ccccc3-c3ccccc32)C(=O)O)cc1. The first-order valence-corrected chi connectivity index (χ1v) is 13.7. The van der Waals surface area contributed by atoms with Crippen LogP contribution in [0.3, 0.4) is 0 Å². The number of hydrogen-bond acceptors (Lipinski definition) is 3. The van der Waals surface area contributed by atoms with Gasteiger partial charge in [-0.15, -0.1) is 0 Å². The van der Waals surface area contributed by atoms with E-state index in [1.807, 2.05) is 60.7 Å². The molecule has 1 aliphatic rings. The van der Waals surface area contributed by atoms with Gasteiger partial charge >= 0.3 is 12.1 Å². The highest BCUT2D eigenvalue weighted by Gasteiger charge is 2.29. The number of carboxylic acid groups (broad SMARTS) is 1. The van der Waals surface area contributed by atoms with Crippen LogP contribution < -0.4 is 5.32 Å². The van der Waals surface area contributed by atoms with Gasteiger partial charge in [-0.25, -0.2) is 19.6 Å². The molecule has 0 saturated carbocycles. The number of benzene rings is 3. The molecule has 0 aromatic heterocycles. The fourth-order valence-electron chi connectivity index (χ4n) is 4.25. The molecular weight excluding hydrogens is 434 g/mol. The van der Waals surface area contributed by atoms with Crippen LogP contribution >= 0.6 is 10.0 Å². The van der Waals surface area contributed by atoms with Crippen molar-refractivity contribution in [2.45, 2.75) is 23.3 Å². The average Bonchev–Trinajstić information content (AvgIpc) is 3.11. The molecule has 0 unspecified atom stereocenters. The fraction of sp³-hybridized carbons (Fsp3) is 0.259. The number of nitrogens with one attached hydrogen (secondary N) is 1. The number of ether oxygens (including phenoxy) is 1. The minimum Gasteiger partial charge on any atom is -0.480 e. The van der Waals surface area contributed by atoms with Crippen LogP contribution in [0.2, 0.25) is 0 Å². The summed E-state index contributed by atoms with van der Waals surface area (Å²) in [7, 11) is -0.847. The second kappa shape index (κ2) is 9.32. The monoisotopic (exact) mass is 463 g/mol. The standard InChI is InChI=1S/C27H29NO4S/c1-33(2,3)19-14-12-18(13-15-19)16-25(26(29)30)28-27(31)32-17-24-22-10-6-4-8-20(22)21-9-5-7-11-23(21)24/h4-15,24-25H,16-17H2,1-3H3,(H,28,31)(H,29,30)/t25-/m1/s1. The Morgan fingerprint density at radius 2 is 1.45 bits per heavy atom. The molecule has 2 N–H and O–H groups in total. The van der Waals surface area contributed by atoms with Crippen LogP contribution in [0, 0.1) is 0 Å². The first kappa shape index (κ1) is 22.9. The van der Waals surface area contributed by atoms with Crippen LogP contribution in [-0.2, 0) is 16.0 Å². The second-order valence-electron chi connectivity index (χ2n) is 9.05. The molecule has 5 nitrogen and oxygen atoms in total. The van der Waals surface area contributed by atoms with E-state index in [1.165, 1.54) is 4.90 Å². The molecule has 33 heavy (non-hydrogen) atoms. The fourth-order valence-corrected chi connectivity index (χ4v) is 5.20. The lowest BCUT2D eigenvalue weighted by Crippen LogP contribution is -2.42. The van der Waals surface area contributed by atoms with Crippen LogP contribution in [0.4, 0.5) is 4.79 Å². The summed E-state index contributed by atoms with van der Waals surface area (Å²) in [5.41, 5.74) is 5.37. The first-order valence-electron chi connectivity index (χ1n) is 10.9. The minimum absolute atomic E-state index is 0.0705. The number of fused-ring (bicyclic) bond motifs is 3. The van der Waals surface area contributed by atoms with E-state index in [-0.39, 0.29) is 18.9 Å². The third kappa shape index (κ3) is 5.06. The van der Waals surface area contributed by atoms with E-state index < -0.39 is 28.1 Å². The third-order valence-electron chi connectivity index (χ3n) is 6.00. The number of alkyl carbamates (subject to hydrolysis) is 1. The molecule has 6 heteroatoms. The van der Waals surface area contributed by atoms with Crippen LogP contribution in [0.1, 0.15) is 22.6 Å². The van der Waals surface area contributed by atoms with Gasteiger partial charge in [-0.05, 0) is 63.6 Å². The maximum absolute atomic E-state index is 12.5. The maximum Gasteiger partial charge on any atom is 0.407 e. The number of carboxylic acids is 1. The Balaban J connectivity index is 1.41. The molecule has 4 rings (SSSR count). The summed E-state index contributed by atoms with van der Waals surface area (Å²) in [4.78, 5) is 25.6. The average molecular weight is 464 g/mol. The first-order chi connectivity index (χ1) is 15.7. The predicted molar refractivity (Wildman–Crippen MR) is 133 cm³/mol. The Morgan fingerprint density at radius 3 is 1.97 bits per heavy atom. The molecule has 1 atom stereocenters. The quantitative estimate of drug-likeness (QED) is 0.500. The van der Waals surface area contributed by atoms with Crippen molar-refractivity contribution in [3.05, 3.63) is 89.5 Å². The van der Waals surface area contributed by atoms with Gasteiger partial charge in [0.05, 0.1) is 0 Å². The van der Waals surface area contributed by atoms with Gasteiger partial charge in [0, 0.05) is 12.3 Å². The molecule has 0 aliphatic heterocycles. The Bertz CT molecular complexity index is 1120. The highest BCUT2D eigenvalue weighted by atomic mass is 32.3. The number of hydrogen-bond donors (Lipinski definition) is 2. The van der Waals surface area contributed by atoms with Crippen molar-refractivity contribution in [2.24, 2.45) is 0 Å². The van der Waals surface area contributed by atoms with Crippen molar-refractivity contribution < 1.29 is 19.4 Å². The predicted octanol–water partition coefficient (Wildman–Crippen LogP) is 5.27. The highest BCUT2D eigenvalue weighted by Crippen LogP contribution is 2.45. The number of aliphatic carboxylic acids is 1. The lowest BCUT2D eigenvalue weighted by atomic mass is 9.98. The van der Waals surface area contributed by atoms with Gasteiger partial charge in [0.1, 0.15) is 12.6 Å². The van der Waals surface area contributed by atoms with Crippen molar-refractivity contribution in [1.29, 1.82) is 0 Å². The molecule has 0 radical (unpaired) electrons. The van der Waals surface area contributed by atoms with E-state index in [1.54, 1.807) is 0 Å². The van der Waals surface area contributed by atoms with Gasteiger partial charge in [-0.1, -0.05) is 60.7 Å². The summed E-state index contributed by atoms with van der Waals surface area (Å²) >= 11 is 0. The van der Waals surface area contributed by atoms with Crippen molar-refractivity contribution in [3.8, 4) is 11.1 Å². The van der Waals surface area contributed by atoms with Crippen molar-refractivity contribution in [1.82, 2.24) is 5.32 Å². The largest absolute Gasteiger partial charge is 0.480 e. The third-order valence-corrected chi connectivity index (χ3v) is 7.69. The molecule has 3 aromatic carbocycles. The smallest absolute Gasteiger partial charge is 0.407 e. The van der Waals surface area contributed by atoms with E-state index >= 15 is 0 Å². The molecule has 0 saturated heterocycles. The molecule has 0 heterocycles. The summed E-state index contributed by atoms with van der Waals surface area (Å²) in [6.45, 7) is 0.148. The number of amides is 1. The zero-order valence-corrected chi connectivity index (χ0v) is 19.9. The lowest BCUT2D eigenvalue weighted by molar-refractivity contribution is -0.139. The van der Waals surface area contributed by atoms with Crippen molar-refractivity contribution in [2.75, 3.05) is 25.4 Å². The van der Waals surface area contributed by atoms with Gasteiger partial charge in [0.25, 0.3) is 0 Å². The summed E-state index contributed by atoms with van der Waals surface area (Å²) in [6, 6.07) is 23.1. The highest BCUT2D eigenvalue weighted by molar-refractivity contribution is 8.32. The summed E-state index contributed by atoms with van der Waals surface area (Å²) in [6.07, 6.45) is 6.10. The Hall–Kier alpha value is -3.25. The summed E-state index contributed by atoms with van der Waals surface area (Å²) < 4.78 is 5.51. The Morgan fingerprint density at radius 1 is 0.909 bits per heavy atom. The van der Waals surface area contributed by atoms with E-state index in [9.17, 15) is 14.7 Å². The van der Waals surface area contributed by atoms with E-state index in [4.69, 9.17) is 4.74 Å². The van der Waals surface area contributed by atoms with E-state index in [0.29, 0.717) is 0 Å². The molecule has 0 spiro atoms. The molecule has 0 bridgehead atoms. The van der Waals surface area contributed by atoms with Crippen LogP contribution in [0.5, 0.6) is 0 Å². The Labute approximate surface area is 196 Å². The van der Waals surface area contributed by atoms with Crippen molar-refractivity contribution in [3.63, 3.8) is 0 Å². The molecule has 172 valence electrons. The van der Waals surface area contributed by atoms with Crippen molar-refractivity contribution >= 4 is 22.1 Å². The molecule has 3 aromatic rings. The van der Waals surface area contributed by atoms with Gasteiger partial charge in [0.2, 0.25) is 0 Å². The van der Waals surface area contributed by atoms with Crippen LogP contribution in [0.25, 0.3) is 11.1 Å². The molecule has 1 aliphatic carbocycles. The van der Waals surface area contributed by atoms with Gasteiger partial charge in [0.15, 0.2) is 0 Å². The minimum atomic E-state index is -1.09. The second-order valence-corrected chi connectivity index (χ2v) is 13.2. The normalized spacial score (nSPS) is 14.2. The summed E-state index contributed by atoms with van der Waals surface area (Å²) in [5, 5.41) is 12.2. The molecular formula is C27H29NO4S. The lowest BCUT2D eigenvalue weighted by Gasteiger charge is -2.26. The summed E-state index contributed by atoms with van der Waals surface area (Å²) in [5.74, 6) is -1.16. The Kier molecular flexibility index (Phi) is 6.47. The topological polar surface area (TPSA) is 75.6 Å². The van der Waals surface area contributed by atoms with E-state index in [2.05, 4.69) is 36.2 Å². The van der Waals surface area contributed by atoms with Gasteiger partial charge in [-0.2, -0.15) is 0 Å². The van der Waals surface area contributed by atoms with Gasteiger partial charge in [-0.3, -0.25) is 0 Å². The molecule has 0 fully saturated rings. The zero-order valence-electron chi connectivity index (χ0n) is 19.1. The zero-order chi connectivity index (χ0) is 23.6. The van der Waals surface area contributed by atoms with Crippen LogP contribution in [-0.4, -0.2) is 48.6 Å². The maximum atomic E-state index is 12.5. The number of carbonyl (C=O) groups excluding carboxylic acids is 1. The van der Waals surface area contributed by atoms with Gasteiger partial charge < -0.3 is 15.2 Å². The number of carbonyl (C=O) groups is 2. The molecule has 1 amide bonds. The van der Waals surface area contributed by atoms with E-state index in [0.717, 1.165) is 27.8 Å². The number of rotatable bonds is 7.